The second kappa shape index (κ2) is 7.63. The first-order chi connectivity index (χ1) is 13.5. The smallest absolute Gasteiger partial charge is 0.270 e. The molecule has 1 saturated carbocycles. The number of benzene rings is 1. The Hall–Kier alpha value is -2.27. The van der Waals surface area contributed by atoms with Crippen LogP contribution in [-0.4, -0.2) is 40.9 Å². The average molecular weight is 400 g/mol. The summed E-state index contributed by atoms with van der Waals surface area (Å²) in [5.74, 6) is 0.465. The van der Waals surface area contributed by atoms with E-state index in [2.05, 4.69) is 5.32 Å². The molecule has 2 amide bonds. The lowest BCUT2D eigenvalue weighted by molar-refractivity contribution is -0.123. The summed E-state index contributed by atoms with van der Waals surface area (Å²) in [6.07, 6.45) is 5.65. The molecule has 1 saturated heterocycles. The molecule has 6 heteroatoms. The minimum atomic E-state index is -0.391. The number of carbonyl (C=O) groups is 2. The number of aromatic nitrogens is 1. The van der Waals surface area contributed by atoms with Crippen LogP contribution in [0.2, 0.25) is 5.02 Å². The molecule has 2 aromatic rings. The van der Waals surface area contributed by atoms with Gasteiger partial charge in [0.25, 0.3) is 5.91 Å². The van der Waals surface area contributed by atoms with E-state index in [1.165, 1.54) is 0 Å². The van der Waals surface area contributed by atoms with E-state index < -0.39 is 5.41 Å². The van der Waals surface area contributed by atoms with E-state index in [0.717, 1.165) is 37.8 Å². The van der Waals surface area contributed by atoms with Gasteiger partial charge in [0.05, 0.1) is 5.41 Å². The number of carbonyl (C=O) groups excluding carboxylic acids is 2. The number of hydrogen-bond acceptors (Lipinski definition) is 2. The van der Waals surface area contributed by atoms with E-state index in [1.807, 2.05) is 59.1 Å². The van der Waals surface area contributed by atoms with Crippen LogP contribution in [0.25, 0.3) is 0 Å². The van der Waals surface area contributed by atoms with Gasteiger partial charge < -0.3 is 14.8 Å². The van der Waals surface area contributed by atoms with Gasteiger partial charge in [0.2, 0.25) is 5.91 Å². The molecule has 148 valence electrons. The van der Waals surface area contributed by atoms with Gasteiger partial charge in [-0.15, -0.1) is 0 Å². The van der Waals surface area contributed by atoms with Crippen molar-refractivity contribution >= 4 is 23.4 Å². The fourth-order valence-electron chi connectivity index (χ4n) is 4.21. The maximum atomic E-state index is 12.9. The zero-order valence-electron chi connectivity index (χ0n) is 16.2. The Labute approximate surface area is 170 Å². The van der Waals surface area contributed by atoms with Crippen LogP contribution in [0.4, 0.5) is 0 Å². The first-order valence-electron chi connectivity index (χ1n) is 9.94. The van der Waals surface area contributed by atoms with Gasteiger partial charge in [-0.2, -0.15) is 0 Å². The molecule has 5 nitrogen and oxygen atoms in total. The van der Waals surface area contributed by atoms with Crippen molar-refractivity contribution in [3.05, 3.63) is 58.9 Å². The number of nitrogens with zero attached hydrogens (tertiary/aromatic N) is 2. The van der Waals surface area contributed by atoms with Crippen LogP contribution in [0.5, 0.6) is 0 Å². The number of nitrogens with one attached hydrogen (secondary N) is 1. The Morgan fingerprint density at radius 3 is 2.61 bits per heavy atom. The maximum absolute atomic E-state index is 12.9. The Balaban J connectivity index is 1.34. The Morgan fingerprint density at radius 1 is 1.21 bits per heavy atom. The monoisotopic (exact) mass is 399 g/mol. The molecule has 2 aliphatic rings. The molecule has 2 heterocycles. The topological polar surface area (TPSA) is 54.3 Å². The van der Waals surface area contributed by atoms with Gasteiger partial charge in [0, 0.05) is 37.9 Å². The predicted molar refractivity (Wildman–Crippen MR) is 109 cm³/mol. The highest BCUT2D eigenvalue weighted by Crippen LogP contribution is 2.48. The van der Waals surface area contributed by atoms with Crippen molar-refractivity contribution in [3.8, 4) is 0 Å². The lowest BCUT2D eigenvalue weighted by Gasteiger charge is -2.33. The van der Waals surface area contributed by atoms with Crippen molar-refractivity contribution in [2.45, 2.75) is 31.1 Å². The molecule has 1 aliphatic carbocycles. The van der Waals surface area contributed by atoms with E-state index in [-0.39, 0.29) is 11.8 Å². The number of piperidine rings is 1. The quantitative estimate of drug-likeness (QED) is 0.837. The molecule has 0 spiro atoms. The van der Waals surface area contributed by atoms with Crippen molar-refractivity contribution in [2.24, 2.45) is 13.0 Å². The van der Waals surface area contributed by atoms with Crippen molar-refractivity contribution in [1.29, 1.82) is 0 Å². The molecule has 1 N–H and O–H groups in total. The summed E-state index contributed by atoms with van der Waals surface area (Å²) in [7, 11) is 1.89. The second-order valence-corrected chi connectivity index (χ2v) is 8.50. The number of rotatable bonds is 5. The molecule has 1 atom stereocenters. The summed E-state index contributed by atoms with van der Waals surface area (Å²) in [5, 5.41) is 3.84. The molecule has 0 bridgehead atoms. The van der Waals surface area contributed by atoms with Crippen LogP contribution < -0.4 is 5.32 Å². The summed E-state index contributed by atoms with van der Waals surface area (Å²) in [4.78, 5) is 27.5. The van der Waals surface area contributed by atoms with Gasteiger partial charge in [0.1, 0.15) is 5.69 Å². The highest BCUT2D eigenvalue weighted by Gasteiger charge is 2.51. The fraction of sp³-hybridized carbons (Fsp3) is 0.455. The van der Waals surface area contributed by atoms with E-state index in [4.69, 9.17) is 11.6 Å². The van der Waals surface area contributed by atoms with Crippen molar-refractivity contribution in [3.63, 3.8) is 0 Å². The summed E-state index contributed by atoms with van der Waals surface area (Å²) in [6, 6.07) is 11.3. The van der Waals surface area contributed by atoms with E-state index >= 15 is 0 Å². The molecule has 4 rings (SSSR count). The summed E-state index contributed by atoms with van der Waals surface area (Å²) in [5.41, 5.74) is 1.36. The van der Waals surface area contributed by atoms with Crippen LogP contribution in [0.15, 0.2) is 42.6 Å². The SMILES string of the molecule is Cn1cccc1C(=O)N1CCC[C@@H](CNC(=O)C2(c3ccc(Cl)cc3)CC2)C1. The third kappa shape index (κ3) is 3.68. The summed E-state index contributed by atoms with van der Waals surface area (Å²) >= 11 is 5.98. The molecule has 1 aromatic carbocycles. The van der Waals surface area contributed by atoms with Gasteiger partial charge in [0.15, 0.2) is 0 Å². The third-order valence-corrected chi connectivity index (χ3v) is 6.35. The molecular formula is C22H26ClN3O2. The molecule has 1 aromatic heterocycles. The standard InChI is InChI=1S/C22H26ClN3O2/c1-25-12-3-5-19(25)20(27)26-13-2-4-16(15-26)14-24-21(28)22(10-11-22)17-6-8-18(23)9-7-17/h3,5-9,12,16H,2,4,10-11,13-15H2,1H3,(H,24,28)/t16-/m0/s1. The first-order valence-corrected chi connectivity index (χ1v) is 10.3. The third-order valence-electron chi connectivity index (χ3n) is 6.10. The molecule has 28 heavy (non-hydrogen) atoms. The lowest BCUT2D eigenvalue weighted by Crippen LogP contribution is -2.45. The van der Waals surface area contributed by atoms with Crippen LogP contribution in [0, 0.1) is 5.92 Å². The Kier molecular flexibility index (Phi) is 5.19. The predicted octanol–water partition coefficient (Wildman–Crippen LogP) is 3.38. The Bertz CT molecular complexity index is 870. The zero-order chi connectivity index (χ0) is 19.7. The van der Waals surface area contributed by atoms with Gasteiger partial charge in [-0.25, -0.2) is 0 Å². The second-order valence-electron chi connectivity index (χ2n) is 8.06. The molecule has 0 radical (unpaired) electrons. The molecular weight excluding hydrogens is 374 g/mol. The van der Waals surface area contributed by atoms with Crippen LogP contribution in [-0.2, 0) is 17.3 Å². The highest BCUT2D eigenvalue weighted by atomic mass is 35.5. The van der Waals surface area contributed by atoms with Gasteiger partial charge in [-0.3, -0.25) is 9.59 Å². The van der Waals surface area contributed by atoms with Crippen LogP contribution in [0.3, 0.4) is 0 Å². The van der Waals surface area contributed by atoms with Gasteiger partial charge in [-0.1, -0.05) is 23.7 Å². The van der Waals surface area contributed by atoms with Crippen LogP contribution in [0.1, 0.15) is 41.7 Å². The Morgan fingerprint density at radius 2 is 1.96 bits per heavy atom. The van der Waals surface area contributed by atoms with Crippen LogP contribution >= 0.6 is 11.6 Å². The number of hydrogen-bond donors (Lipinski definition) is 1. The van der Waals surface area contributed by atoms with Gasteiger partial charge >= 0.3 is 0 Å². The van der Waals surface area contributed by atoms with E-state index in [0.29, 0.717) is 29.7 Å². The minimum absolute atomic E-state index is 0.0725. The summed E-state index contributed by atoms with van der Waals surface area (Å²) in [6.45, 7) is 2.09. The van der Waals surface area contributed by atoms with E-state index in [9.17, 15) is 9.59 Å². The molecule has 0 unspecified atom stereocenters. The first kappa shape index (κ1) is 19.1. The molecule has 2 fully saturated rings. The minimum Gasteiger partial charge on any atom is -0.355 e. The summed E-state index contributed by atoms with van der Waals surface area (Å²) < 4.78 is 1.86. The number of amides is 2. The van der Waals surface area contributed by atoms with Crippen molar-refractivity contribution < 1.29 is 9.59 Å². The zero-order valence-corrected chi connectivity index (χ0v) is 16.9. The number of likely N-dealkylation sites (tertiary alicyclic amines) is 1. The van der Waals surface area contributed by atoms with Gasteiger partial charge in [-0.05, 0) is 61.4 Å². The average Bonchev–Trinajstić information content (AvgIpc) is 3.41. The molecule has 1 aliphatic heterocycles. The van der Waals surface area contributed by atoms with Crippen molar-refractivity contribution in [2.75, 3.05) is 19.6 Å². The fourth-order valence-corrected chi connectivity index (χ4v) is 4.33. The van der Waals surface area contributed by atoms with E-state index in [1.54, 1.807) is 0 Å². The normalized spacial score (nSPS) is 20.6. The number of aryl methyl sites for hydroxylation is 1. The largest absolute Gasteiger partial charge is 0.355 e. The number of halogens is 1. The highest BCUT2D eigenvalue weighted by molar-refractivity contribution is 6.30. The maximum Gasteiger partial charge on any atom is 0.270 e. The van der Waals surface area contributed by atoms with Crippen molar-refractivity contribution in [1.82, 2.24) is 14.8 Å². The lowest BCUT2D eigenvalue weighted by atomic mass is 9.93.